The Balaban J connectivity index is 1.62. The van der Waals surface area contributed by atoms with Crippen LogP contribution in [0.3, 0.4) is 0 Å². The number of benzene rings is 1. The molecule has 1 aromatic rings. The maximum Gasteiger partial charge on any atom is 0.260 e. The van der Waals surface area contributed by atoms with Crippen molar-refractivity contribution in [2.45, 2.75) is 51.2 Å². The van der Waals surface area contributed by atoms with Crippen molar-refractivity contribution in [2.24, 2.45) is 0 Å². The molecule has 3 rings (SSSR count). The van der Waals surface area contributed by atoms with Crippen LogP contribution in [0.4, 0.5) is 0 Å². The van der Waals surface area contributed by atoms with Crippen LogP contribution in [0, 0.1) is 0 Å². The van der Waals surface area contributed by atoms with Crippen LogP contribution in [-0.2, 0) is 11.2 Å². The molecule has 0 saturated heterocycles. The molecule has 0 radical (unpaired) electrons. The van der Waals surface area contributed by atoms with Gasteiger partial charge in [0.25, 0.3) is 5.91 Å². The maximum atomic E-state index is 12.1. The molecule has 0 aliphatic heterocycles. The minimum atomic E-state index is -0.397. The summed E-state index contributed by atoms with van der Waals surface area (Å²) in [5.41, 5.74) is 2.15. The van der Waals surface area contributed by atoms with E-state index in [0.717, 1.165) is 44.2 Å². The van der Waals surface area contributed by atoms with E-state index in [1.807, 2.05) is 30.0 Å². The van der Waals surface area contributed by atoms with Crippen LogP contribution in [-0.4, -0.2) is 35.1 Å². The van der Waals surface area contributed by atoms with Crippen LogP contribution >= 0.6 is 0 Å². The summed E-state index contributed by atoms with van der Waals surface area (Å²) < 4.78 is 5.64. The lowest BCUT2D eigenvalue weighted by molar-refractivity contribution is -0.133. The van der Waals surface area contributed by atoms with Gasteiger partial charge in [0.15, 0.2) is 6.61 Å². The predicted molar refractivity (Wildman–Crippen MR) is 80.2 cm³/mol. The predicted octanol–water partition coefficient (Wildman–Crippen LogP) is 2.45. The van der Waals surface area contributed by atoms with Gasteiger partial charge in [0.05, 0.1) is 6.10 Å². The second-order valence-corrected chi connectivity index (χ2v) is 5.97. The molecule has 0 heterocycles. The van der Waals surface area contributed by atoms with E-state index in [2.05, 4.69) is 0 Å². The number of rotatable bonds is 5. The molecule has 1 saturated carbocycles. The van der Waals surface area contributed by atoms with Crippen molar-refractivity contribution in [3.8, 4) is 5.75 Å². The van der Waals surface area contributed by atoms with E-state index < -0.39 is 6.10 Å². The molecule has 0 spiro atoms. The highest BCUT2D eigenvalue weighted by atomic mass is 16.5. The van der Waals surface area contributed by atoms with Crippen molar-refractivity contribution < 1.29 is 14.6 Å². The van der Waals surface area contributed by atoms with Crippen LogP contribution in [0.25, 0.3) is 0 Å². The summed E-state index contributed by atoms with van der Waals surface area (Å²) in [4.78, 5) is 14.0. The van der Waals surface area contributed by atoms with Gasteiger partial charge in [-0.05, 0) is 62.3 Å². The summed E-state index contributed by atoms with van der Waals surface area (Å²) in [5.74, 6) is 0.730. The first-order chi connectivity index (χ1) is 10.2. The Bertz CT molecular complexity index is 525. The van der Waals surface area contributed by atoms with Gasteiger partial charge >= 0.3 is 0 Å². The van der Waals surface area contributed by atoms with Crippen molar-refractivity contribution >= 4 is 5.91 Å². The number of aliphatic hydroxyl groups is 1. The van der Waals surface area contributed by atoms with Crippen molar-refractivity contribution in [3.05, 3.63) is 29.3 Å². The SMILES string of the molecule is CCN(C(=O)COc1ccc2c(c1)C(O)CCC2)C1CC1. The van der Waals surface area contributed by atoms with Crippen LogP contribution < -0.4 is 4.74 Å². The van der Waals surface area contributed by atoms with E-state index in [9.17, 15) is 9.90 Å². The minimum Gasteiger partial charge on any atom is -0.484 e. The lowest BCUT2D eigenvalue weighted by Crippen LogP contribution is -2.36. The summed E-state index contributed by atoms with van der Waals surface area (Å²) in [5, 5.41) is 10.0. The summed E-state index contributed by atoms with van der Waals surface area (Å²) in [6.07, 6.45) is 4.68. The zero-order valence-electron chi connectivity index (χ0n) is 12.5. The third kappa shape index (κ3) is 3.21. The van der Waals surface area contributed by atoms with Crippen molar-refractivity contribution in [1.82, 2.24) is 4.90 Å². The molecule has 1 N–H and O–H groups in total. The molecule has 21 heavy (non-hydrogen) atoms. The van der Waals surface area contributed by atoms with Crippen LogP contribution in [0.15, 0.2) is 18.2 Å². The van der Waals surface area contributed by atoms with Crippen molar-refractivity contribution in [3.63, 3.8) is 0 Å². The first kappa shape index (κ1) is 14.4. The Labute approximate surface area is 125 Å². The first-order valence-corrected chi connectivity index (χ1v) is 7.92. The van der Waals surface area contributed by atoms with Crippen molar-refractivity contribution in [2.75, 3.05) is 13.2 Å². The second-order valence-electron chi connectivity index (χ2n) is 5.97. The average Bonchev–Trinajstić information content (AvgIpc) is 3.31. The highest BCUT2D eigenvalue weighted by Gasteiger charge is 2.31. The molecular formula is C17H23NO3. The third-order valence-electron chi connectivity index (χ3n) is 4.41. The molecule has 0 aromatic heterocycles. The summed E-state index contributed by atoms with van der Waals surface area (Å²) in [6.45, 7) is 2.83. The van der Waals surface area contributed by atoms with Gasteiger partial charge in [0, 0.05) is 12.6 Å². The summed E-state index contributed by atoms with van der Waals surface area (Å²) in [7, 11) is 0. The van der Waals surface area contributed by atoms with E-state index >= 15 is 0 Å². The molecule has 2 aliphatic rings. The fourth-order valence-electron chi connectivity index (χ4n) is 3.09. The summed E-state index contributed by atoms with van der Waals surface area (Å²) in [6, 6.07) is 6.23. The molecule has 1 aromatic carbocycles. The van der Waals surface area contributed by atoms with E-state index in [-0.39, 0.29) is 12.5 Å². The monoisotopic (exact) mass is 289 g/mol. The number of fused-ring (bicyclic) bond motifs is 1. The molecule has 0 bridgehead atoms. The van der Waals surface area contributed by atoms with Crippen molar-refractivity contribution in [1.29, 1.82) is 0 Å². The number of likely N-dealkylation sites (N-methyl/N-ethyl adjacent to an activating group) is 1. The molecule has 4 nitrogen and oxygen atoms in total. The molecule has 1 atom stereocenters. The highest BCUT2D eigenvalue weighted by molar-refractivity contribution is 5.78. The smallest absolute Gasteiger partial charge is 0.260 e. The zero-order valence-corrected chi connectivity index (χ0v) is 12.5. The van der Waals surface area contributed by atoms with E-state index in [1.54, 1.807) is 0 Å². The van der Waals surface area contributed by atoms with Gasteiger partial charge < -0.3 is 14.7 Å². The Morgan fingerprint density at radius 2 is 2.19 bits per heavy atom. The third-order valence-corrected chi connectivity index (χ3v) is 4.41. The Hall–Kier alpha value is -1.55. The van der Waals surface area contributed by atoms with Gasteiger partial charge in [-0.15, -0.1) is 0 Å². The number of aliphatic hydroxyl groups excluding tert-OH is 1. The second kappa shape index (κ2) is 6.06. The molecular weight excluding hydrogens is 266 g/mol. The number of hydrogen-bond donors (Lipinski definition) is 1. The normalized spacial score (nSPS) is 20.8. The Morgan fingerprint density at radius 3 is 2.90 bits per heavy atom. The number of carbonyl (C=O) groups is 1. The fraction of sp³-hybridized carbons (Fsp3) is 0.588. The average molecular weight is 289 g/mol. The largest absolute Gasteiger partial charge is 0.484 e. The Kier molecular flexibility index (Phi) is 4.15. The maximum absolute atomic E-state index is 12.1. The quantitative estimate of drug-likeness (QED) is 0.906. The van der Waals surface area contributed by atoms with E-state index in [0.29, 0.717) is 11.8 Å². The number of nitrogens with zero attached hydrogens (tertiary/aromatic N) is 1. The first-order valence-electron chi connectivity index (χ1n) is 7.92. The number of hydrogen-bond acceptors (Lipinski definition) is 3. The van der Waals surface area contributed by atoms with Gasteiger partial charge in [-0.3, -0.25) is 4.79 Å². The standard InChI is InChI=1S/C17H23NO3/c1-2-18(13-7-8-13)17(20)11-21-14-9-6-12-4-3-5-16(19)15(12)10-14/h6,9-10,13,16,19H,2-5,7-8,11H2,1H3. The van der Waals surface area contributed by atoms with Gasteiger partial charge in [0.1, 0.15) is 5.75 Å². The fourth-order valence-corrected chi connectivity index (χ4v) is 3.09. The van der Waals surface area contributed by atoms with Gasteiger partial charge in [-0.1, -0.05) is 6.07 Å². The topological polar surface area (TPSA) is 49.8 Å². The van der Waals surface area contributed by atoms with Gasteiger partial charge in [-0.2, -0.15) is 0 Å². The lowest BCUT2D eigenvalue weighted by atomic mass is 9.89. The van der Waals surface area contributed by atoms with Gasteiger partial charge in [0.2, 0.25) is 0 Å². The molecule has 1 fully saturated rings. The van der Waals surface area contributed by atoms with E-state index in [1.165, 1.54) is 5.56 Å². The molecule has 2 aliphatic carbocycles. The zero-order chi connectivity index (χ0) is 14.8. The molecule has 1 unspecified atom stereocenters. The number of carbonyl (C=O) groups excluding carboxylic acids is 1. The highest BCUT2D eigenvalue weighted by Crippen LogP contribution is 2.32. The van der Waals surface area contributed by atoms with Crippen LogP contribution in [0.5, 0.6) is 5.75 Å². The minimum absolute atomic E-state index is 0.0540. The molecule has 114 valence electrons. The summed E-state index contributed by atoms with van der Waals surface area (Å²) >= 11 is 0. The number of ether oxygens (including phenoxy) is 1. The molecule has 4 heteroatoms. The number of amides is 1. The van der Waals surface area contributed by atoms with Crippen LogP contribution in [0.1, 0.15) is 49.8 Å². The molecule has 1 amide bonds. The van der Waals surface area contributed by atoms with Gasteiger partial charge in [-0.25, -0.2) is 0 Å². The lowest BCUT2D eigenvalue weighted by Gasteiger charge is -2.23. The van der Waals surface area contributed by atoms with Crippen LogP contribution in [0.2, 0.25) is 0 Å². The Morgan fingerprint density at radius 1 is 1.38 bits per heavy atom. The number of aryl methyl sites for hydroxylation is 1. The van der Waals surface area contributed by atoms with E-state index in [4.69, 9.17) is 4.74 Å².